The van der Waals surface area contributed by atoms with Gasteiger partial charge in [0.05, 0.1) is 11.4 Å². The molecule has 0 amide bonds. The van der Waals surface area contributed by atoms with Crippen molar-refractivity contribution in [3.05, 3.63) is 39.8 Å². The van der Waals surface area contributed by atoms with Crippen LogP contribution >= 0.6 is 11.6 Å². The summed E-state index contributed by atoms with van der Waals surface area (Å²) in [6.07, 6.45) is 0.571. The van der Waals surface area contributed by atoms with E-state index in [4.69, 9.17) is 11.6 Å². The maximum atomic E-state index is 12.6. The Kier molecular flexibility index (Phi) is 4.09. The van der Waals surface area contributed by atoms with E-state index in [-0.39, 0.29) is 17.2 Å². The van der Waals surface area contributed by atoms with Gasteiger partial charge in [0.2, 0.25) is 11.7 Å². The van der Waals surface area contributed by atoms with Crippen LogP contribution in [0.15, 0.2) is 12.1 Å². The summed E-state index contributed by atoms with van der Waals surface area (Å²) in [5, 5.41) is 14.7. The predicted octanol–water partition coefficient (Wildman–Crippen LogP) is 2.76. The largest absolute Gasteiger partial charge is 0.493 e. The molecule has 0 aromatic carbocycles. The van der Waals surface area contributed by atoms with Crippen LogP contribution in [0.2, 0.25) is 5.15 Å². The van der Waals surface area contributed by atoms with Gasteiger partial charge in [-0.05, 0) is 32.4 Å². The number of pyridine rings is 1. The van der Waals surface area contributed by atoms with Gasteiger partial charge in [0.15, 0.2) is 0 Å². The molecule has 2 rings (SSSR count). The van der Waals surface area contributed by atoms with E-state index in [0.29, 0.717) is 35.1 Å². The molecule has 0 aliphatic carbocycles. The molecule has 106 valence electrons. The fourth-order valence-corrected chi connectivity index (χ4v) is 2.30. The number of ketones is 1. The van der Waals surface area contributed by atoms with Crippen molar-refractivity contribution in [3.8, 4) is 5.88 Å². The lowest BCUT2D eigenvalue weighted by Gasteiger charge is -2.05. The summed E-state index contributed by atoms with van der Waals surface area (Å²) in [4.78, 5) is 16.7. The molecule has 5 nitrogen and oxygen atoms in total. The Morgan fingerprint density at radius 3 is 2.65 bits per heavy atom. The quantitative estimate of drug-likeness (QED) is 0.695. The Morgan fingerprint density at radius 1 is 1.40 bits per heavy atom. The highest BCUT2D eigenvalue weighted by molar-refractivity contribution is 6.29. The zero-order chi connectivity index (χ0) is 14.9. The molecule has 2 aromatic heterocycles. The summed E-state index contributed by atoms with van der Waals surface area (Å²) in [5.74, 6) is -0.371. The van der Waals surface area contributed by atoms with E-state index in [1.807, 2.05) is 13.8 Å². The molecule has 0 aliphatic rings. The van der Waals surface area contributed by atoms with Crippen LogP contribution in [0.25, 0.3) is 0 Å². The van der Waals surface area contributed by atoms with Crippen LogP contribution in [0.5, 0.6) is 5.88 Å². The normalized spacial score (nSPS) is 10.8. The summed E-state index contributed by atoms with van der Waals surface area (Å²) < 4.78 is 1.42. The fraction of sp³-hybridized carbons (Fsp3) is 0.357. The van der Waals surface area contributed by atoms with E-state index >= 15 is 0 Å². The van der Waals surface area contributed by atoms with Crippen LogP contribution in [0.1, 0.15) is 41.2 Å². The van der Waals surface area contributed by atoms with Gasteiger partial charge in [-0.3, -0.25) is 4.79 Å². The molecule has 0 fully saturated rings. The first-order valence-corrected chi connectivity index (χ1v) is 6.83. The smallest absolute Gasteiger partial charge is 0.221 e. The molecular weight excluding hydrogens is 278 g/mol. The number of hydrogen-bond acceptors (Lipinski definition) is 4. The van der Waals surface area contributed by atoms with Crippen LogP contribution in [-0.4, -0.2) is 25.7 Å². The van der Waals surface area contributed by atoms with Gasteiger partial charge in [-0.15, -0.1) is 0 Å². The molecule has 2 heterocycles. The Bertz CT molecular complexity index is 665. The van der Waals surface area contributed by atoms with E-state index in [0.717, 1.165) is 0 Å². The lowest BCUT2D eigenvalue weighted by molar-refractivity contribution is 0.103. The topological polar surface area (TPSA) is 68.0 Å². The molecule has 0 unspecified atom stereocenters. The summed E-state index contributed by atoms with van der Waals surface area (Å²) >= 11 is 5.80. The van der Waals surface area contributed by atoms with Gasteiger partial charge in [0, 0.05) is 12.1 Å². The molecule has 6 heteroatoms. The Labute approximate surface area is 122 Å². The van der Waals surface area contributed by atoms with Gasteiger partial charge in [0.1, 0.15) is 10.7 Å². The van der Waals surface area contributed by atoms with Crippen LogP contribution in [0.4, 0.5) is 0 Å². The molecule has 0 radical (unpaired) electrons. The second-order valence-electron chi connectivity index (χ2n) is 4.41. The third-order valence-corrected chi connectivity index (χ3v) is 3.37. The van der Waals surface area contributed by atoms with Gasteiger partial charge < -0.3 is 5.11 Å². The number of aromatic nitrogens is 3. The first-order valence-electron chi connectivity index (χ1n) is 6.46. The number of rotatable bonds is 4. The number of nitrogens with zero attached hydrogens (tertiary/aromatic N) is 3. The molecule has 0 saturated carbocycles. The van der Waals surface area contributed by atoms with E-state index in [9.17, 15) is 9.90 Å². The standard InChI is InChI=1S/C14H16ClN3O2/c1-4-10-12(14(20)18(5-2)17-10)13(19)9-6-7-11(15)16-8(9)3/h6-7,20H,4-5H2,1-3H3. The van der Waals surface area contributed by atoms with Crippen LogP contribution in [0, 0.1) is 6.92 Å². The number of halogens is 1. The number of carbonyl (C=O) groups is 1. The molecule has 0 spiro atoms. The second-order valence-corrected chi connectivity index (χ2v) is 4.80. The number of carbonyl (C=O) groups excluding carboxylic acids is 1. The maximum absolute atomic E-state index is 12.6. The van der Waals surface area contributed by atoms with Gasteiger partial charge in [-0.1, -0.05) is 18.5 Å². The molecule has 2 aromatic rings. The number of aryl methyl sites for hydroxylation is 3. The first kappa shape index (κ1) is 14.5. The summed E-state index contributed by atoms with van der Waals surface area (Å²) in [6.45, 7) is 5.97. The SMILES string of the molecule is CCc1nn(CC)c(O)c1C(=O)c1ccc(Cl)nc1C. The van der Waals surface area contributed by atoms with Crippen molar-refractivity contribution >= 4 is 17.4 Å². The van der Waals surface area contributed by atoms with E-state index < -0.39 is 0 Å². The van der Waals surface area contributed by atoms with Gasteiger partial charge in [-0.2, -0.15) is 5.10 Å². The minimum Gasteiger partial charge on any atom is -0.493 e. The minimum atomic E-state index is -0.277. The predicted molar refractivity (Wildman–Crippen MR) is 76.4 cm³/mol. The van der Waals surface area contributed by atoms with E-state index in [1.165, 1.54) is 4.68 Å². The lowest BCUT2D eigenvalue weighted by atomic mass is 10.0. The highest BCUT2D eigenvalue weighted by atomic mass is 35.5. The summed E-state index contributed by atoms with van der Waals surface area (Å²) in [5.41, 5.74) is 1.80. The van der Waals surface area contributed by atoms with Crippen molar-refractivity contribution in [3.63, 3.8) is 0 Å². The molecule has 1 N–H and O–H groups in total. The zero-order valence-electron chi connectivity index (χ0n) is 11.6. The Balaban J connectivity index is 2.55. The minimum absolute atomic E-state index is 0.0938. The molecule has 0 saturated heterocycles. The number of aromatic hydroxyl groups is 1. The highest BCUT2D eigenvalue weighted by Gasteiger charge is 2.24. The van der Waals surface area contributed by atoms with Crippen molar-refractivity contribution < 1.29 is 9.90 Å². The average molecular weight is 294 g/mol. The van der Waals surface area contributed by atoms with E-state index in [2.05, 4.69) is 10.1 Å². The average Bonchev–Trinajstić information content (AvgIpc) is 2.74. The Morgan fingerprint density at radius 2 is 2.10 bits per heavy atom. The van der Waals surface area contributed by atoms with E-state index in [1.54, 1.807) is 19.1 Å². The fourth-order valence-electron chi connectivity index (χ4n) is 2.11. The molecule has 20 heavy (non-hydrogen) atoms. The number of hydrogen-bond donors (Lipinski definition) is 1. The van der Waals surface area contributed by atoms with Gasteiger partial charge >= 0.3 is 0 Å². The lowest BCUT2D eigenvalue weighted by Crippen LogP contribution is -2.07. The molecule has 0 aliphatic heterocycles. The summed E-state index contributed by atoms with van der Waals surface area (Å²) in [6, 6.07) is 3.18. The molecule has 0 bridgehead atoms. The zero-order valence-corrected chi connectivity index (χ0v) is 12.4. The van der Waals surface area contributed by atoms with Crippen LogP contribution in [-0.2, 0) is 13.0 Å². The van der Waals surface area contributed by atoms with Gasteiger partial charge in [0.25, 0.3) is 0 Å². The third kappa shape index (κ3) is 2.41. The van der Waals surface area contributed by atoms with Crippen molar-refractivity contribution in [2.75, 3.05) is 0 Å². The molecular formula is C14H16ClN3O2. The Hall–Kier alpha value is -1.88. The monoisotopic (exact) mass is 293 g/mol. The van der Waals surface area contributed by atoms with Crippen molar-refractivity contribution in [2.45, 2.75) is 33.7 Å². The maximum Gasteiger partial charge on any atom is 0.221 e. The van der Waals surface area contributed by atoms with Crippen LogP contribution < -0.4 is 0 Å². The third-order valence-electron chi connectivity index (χ3n) is 3.16. The van der Waals surface area contributed by atoms with Gasteiger partial charge in [-0.25, -0.2) is 9.67 Å². The van der Waals surface area contributed by atoms with Crippen molar-refractivity contribution in [1.82, 2.24) is 14.8 Å². The first-order chi connectivity index (χ1) is 9.49. The highest BCUT2D eigenvalue weighted by Crippen LogP contribution is 2.26. The molecule has 0 atom stereocenters. The van der Waals surface area contributed by atoms with Crippen molar-refractivity contribution in [1.29, 1.82) is 0 Å². The van der Waals surface area contributed by atoms with Crippen LogP contribution in [0.3, 0.4) is 0 Å². The summed E-state index contributed by atoms with van der Waals surface area (Å²) in [7, 11) is 0. The second kappa shape index (κ2) is 5.63. The van der Waals surface area contributed by atoms with Crippen molar-refractivity contribution in [2.24, 2.45) is 0 Å².